The largest absolute Gasteiger partial charge is 0.493 e. The summed E-state index contributed by atoms with van der Waals surface area (Å²) in [6.07, 6.45) is 0. The van der Waals surface area contributed by atoms with Gasteiger partial charge >= 0.3 is 0 Å². The number of para-hydroxylation sites is 2. The second-order valence-corrected chi connectivity index (χ2v) is 6.55. The summed E-state index contributed by atoms with van der Waals surface area (Å²) < 4.78 is 1.70. The summed E-state index contributed by atoms with van der Waals surface area (Å²) >= 11 is 0. The Labute approximate surface area is 163 Å². The van der Waals surface area contributed by atoms with Crippen molar-refractivity contribution >= 4 is 16.6 Å². The van der Waals surface area contributed by atoms with Crippen LogP contribution in [0.1, 0.15) is 0 Å². The van der Waals surface area contributed by atoms with Crippen molar-refractivity contribution in [3.63, 3.8) is 0 Å². The van der Waals surface area contributed by atoms with Crippen molar-refractivity contribution in [1.82, 2.24) is 9.55 Å². The SMILES string of the molecule is O=c1ccc2nc(=O)/c(=N\Nc3c(O)n(-c4ccccc4)c4ccccc34)c-2c1. The first kappa shape index (κ1) is 16.9. The molecule has 0 bridgehead atoms. The van der Waals surface area contributed by atoms with Crippen molar-refractivity contribution in [3.05, 3.63) is 98.7 Å². The van der Waals surface area contributed by atoms with E-state index >= 15 is 0 Å². The number of aromatic nitrogens is 2. The Balaban J connectivity index is 1.70. The van der Waals surface area contributed by atoms with Crippen LogP contribution in [0.4, 0.5) is 5.69 Å². The molecule has 0 spiro atoms. The summed E-state index contributed by atoms with van der Waals surface area (Å²) in [5, 5.41) is 15.9. The highest BCUT2D eigenvalue weighted by atomic mass is 16.3. The smallest absolute Gasteiger partial charge is 0.298 e. The van der Waals surface area contributed by atoms with Gasteiger partial charge in [0.2, 0.25) is 5.88 Å². The fraction of sp³-hybridized carbons (Fsp3) is 0. The molecular formula is C22H14N4O3. The van der Waals surface area contributed by atoms with Crippen LogP contribution in [0.25, 0.3) is 27.8 Å². The van der Waals surface area contributed by atoms with Gasteiger partial charge in [-0.3, -0.25) is 19.6 Å². The van der Waals surface area contributed by atoms with Crippen molar-refractivity contribution in [2.24, 2.45) is 5.10 Å². The third-order valence-electron chi connectivity index (χ3n) is 4.79. The van der Waals surface area contributed by atoms with Crippen LogP contribution < -0.4 is 21.8 Å². The molecule has 3 aromatic rings. The highest BCUT2D eigenvalue weighted by molar-refractivity contribution is 5.98. The Morgan fingerprint density at radius 2 is 1.69 bits per heavy atom. The summed E-state index contributed by atoms with van der Waals surface area (Å²) in [6, 6.07) is 21.1. The number of rotatable bonds is 3. The van der Waals surface area contributed by atoms with E-state index in [0.717, 1.165) is 16.6 Å². The van der Waals surface area contributed by atoms with E-state index < -0.39 is 5.56 Å². The molecule has 0 saturated carbocycles. The van der Waals surface area contributed by atoms with Crippen molar-refractivity contribution in [1.29, 1.82) is 0 Å². The Morgan fingerprint density at radius 3 is 2.52 bits per heavy atom. The number of fused-ring (bicyclic) bond motifs is 2. The summed E-state index contributed by atoms with van der Waals surface area (Å²) in [4.78, 5) is 27.8. The minimum absolute atomic E-state index is 0.0358. The molecular weight excluding hydrogens is 368 g/mol. The minimum atomic E-state index is -0.538. The zero-order valence-corrected chi connectivity index (χ0v) is 15.0. The third kappa shape index (κ3) is 2.68. The van der Waals surface area contributed by atoms with Gasteiger partial charge in [0.05, 0.1) is 11.2 Å². The number of hydrogen-bond donors (Lipinski definition) is 2. The molecule has 7 nitrogen and oxygen atoms in total. The van der Waals surface area contributed by atoms with E-state index in [1.54, 1.807) is 4.57 Å². The molecule has 0 unspecified atom stereocenters. The topological polar surface area (TPSA) is 96.6 Å². The lowest BCUT2D eigenvalue weighted by molar-refractivity contribution is 0.447. The van der Waals surface area contributed by atoms with Crippen LogP contribution >= 0.6 is 0 Å². The Morgan fingerprint density at radius 1 is 0.931 bits per heavy atom. The molecule has 140 valence electrons. The Kier molecular flexibility index (Phi) is 3.74. The highest BCUT2D eigenvalue weighted by Crippen LogP contribution is 2.38. The van der Waals surface area contributed by atoms with Crippen LogP contribution in [0.15, 0.2) is 87.5 Å². The predicted molar refractivity (Wildman–Crippen MR) is 110 cm³/mol. The molecule has 2 N–H and O–H groups in total. The van der Waals surface area contributed by atoms with Crippen LogP contribution in [-0.4, -0.2) is 14.7 Å². The van der Waals surface area contributed by atoms with Gasteiger partial charge in [-0.05, 0) is 36.4 Å². The van der Waals surface area contributed by atoms with Gasteiger partial charge in [-0.1, -0.05) is 36.4 Å². The Hall–Kier alpha value is -4.26. The van der Waals surface area contributed by atoms with Gasteiger partial charge in [0, 0.05) is 16.6 Å². The van der Waals surface area contributed by atoms with Crippen molar-refractivity contribution in [3.8, 4) is 22.8 Å². The zero-order valence-electron chi connectivity index (χ0n) is 15.0. The molecule has 7 heteroatoms. The standard InChI is InChI=1S/C22H14N4O3/c27-14-10-11-17-16(12-14)19(21(28)23-17)24-25-20-15-8-4-5-9-18(15)26(22(20)29)13-6-2-1-3-7-13/h1-12,25,29H/b24-19-. The molecule has 1 aliphatic heterocycles. The summed E-state index contributed by atoms with van der Waals surface area (Å²) in [5.41, 5.74) is 4.75. The van der Waals surface area contributed by atoms with E-state index in [2.05, 4.69) is 15.5 Å². The quantitative estimate of drug-likeness (QED) is 0.467. The maximum atomic E-state index is 12.2. The summed E-state index contributed by atoms with van der Waals surface area (Å²) in [5.74, 6) is -0.0399. The first-order chi connectivity index (χ1) is 14.1. The molecule has 0 fully saturated rings. The van der Waals surface area contributed by atoms with E-state index in [1.807, 2.05) is 54.6 Å². The maximum absolute atomic E-state index is 12.2. The van der Waals surface area contributed by atoms with Gasteiger partial charge in [-0.25, -0.2) is 4.98 Å². The molecule has 5 rings (SSSR count). The second-order valence-electron chi connectivity index (χ2n) is 6.55. The van der Waals surface area contributed by atoms with E-state index in [0.29, 0.717) is 16.9 Å². The Bertz CT molecular complexity index is 1480. The average Bonchev–Trinajstić information content (AvgIpc) is 3.19. The van der Waals surface area contributed by atoms with Gasteiger partial charge in [-0.2, -0.15) is 5.10 Å². The molecule has 0 amide bonds. The van der Waals surface area contributed by atoms with Crippen molar-refractivity contribution in [2.45, 2.75) is 0 Å². The molecule has 1 aliphatic carbocycles. The molecule has 0 radical (unpaired) electrons. The van der Waals surface area contributed by atoms with Crippen molar-refractivity contribution in [2.75, 3.05) is 5.43 Å². The van der Waals surface area contributed by atoms with E-state index in [-0.39, 0.29) is 16.7 Å². The number of nitrogens with zero attached hydrogens (tertiary/aromatic N) is 3. The van der Waals surface area contributed by atoms with Crippen LogP contribution in [0, 0.1) is 0 Å². The van der Waals surface area contributed by atoms with Gasteiger partial charge in [0.15, 0.2) is 10.8 Å². The maximum Gasteiger partial charge on any atom is 0.298 e. The molecule has 0 atom stereocenters. The van der Waals surface area contributed by atoms with E-state index in [9.17, 15) is 14.7 Å². The molecule has 0 saturated heterocycles. The predicted octanol–water partition coefficient (Wildman–Crippen LogP) is 2.36. The summed E-state index contributed by atoms with van der Waals surface area (Å²) in [6.45, 7) is 0. The molecule has 2 aromatic carbocycles. The lowest BCUT2D eigenvalue weighted by atomic mass is 10.1. The fourth-order valence-corrected chi connectivity index (χ4v) is 3.47. The van der Waals surface area contributed by atoms with Crippen LogP contribution in [0.5, 0.6) is 5.88 Å². The van der Waals surface area contributed by atoms with E-state index in [1.165, 1.54) is 18.2 Å². The normalized spacial score (nSPS) is 12.1. The second kappa shape index (κ2) is 6.42. The van der Waals surface area contributed by atoms with Gasteiger partial charge in [0.1, 0.15) is 5.69 Å². The molecule has 1 aromatic heterocycles. The fourth-order valence-electron chi connectivity index (χ4n) is 3.47. The monoisotopic (exact) mass is 382 g/mol. The summed E-state index contributed by atoms with van der Waals surface area (Å²) in [7, 11) is 0. The molecule has 2 heterocycles. The first-order valence-electron chi connectivity index (χ1n) is 8.92. The molecule has 2 aliphatic rings. The highest BCUT2D eigenvalue weighted by Gasteiger charge is 2.18. The lowest BCUT2D eigenvalue weighted by Gasteiger charge is -2.06. The van der Waals surface area contributed by atoms with Crippen LogP contribution in [-0.2, 0) is 0 Å². The van der Waals surface area contributed by atoms with Gasteiger partial charge in [0.25, 0.3) is 5.56 Å². The number of benzene rings is 3. The van der Waals surface area contributed by atoms with E-state index in [4.69, 9.17) is 0 Å². The van der Waals surface area contributed by atoms with Gasteiger partial charge in [-0.15, -0.1) is 0 Å². The number of anilines is 1. The average molecular weight is 382 g/mol. The van der Waals surface area contributed by atoms with Crippen LogP contribution in [0.2, 0.25) is 0 Å². The zero-order chi connectivity index (χ0) is 20.0. The minimum Gasteiger partial charge on any atom is -0.493 e. The first-order valence-corrected chi connectivity index (χ1v) is 8.92. The number of aromatic hydroxyl groups is 1. The van der Waals surface area contributed by atoms with Gasteiger partial charge < -0.3 is 5.11 Å². The number of nitrogens with one attached hydrogen (secondary N) is 1. The molecule has 29 heavy (non-hydrogen) atoms. The third-order valence-corrected chi connectivity index (χ3v) is 4.79. The number of hydrogen-bond acceptors (Lipinski definition) is 6. The van der Waals surface area contributed by atoms with Crippen molar-refractivity contribution < 1.29 is 5.11 Å². The van der Waals surface area contributed by atoms with Crippen LogP contribution in [0.3, 0.4) is 0 Å². The lowest BCUT2D eigenvalue weighted by Crippen LogP contribution is -2.23.